The summed E-state index contributed by atoms with van der Waals surface area (Å²) in [6.07, 6.45) is 3.20. The Kier molecular flexibility index (Phi) is 4.47. The molecule has 3 aromatic heterocycles. The average Bonchev–Trinajstić information content (AvgIpc) is 3.18. The standard InChI is InChI=1S/C23H21N7O/c1-14-7-9-16(10-8-14)30-18(28-17-6-4-5-15(2)19(17)23(30)31)11-29-13-27-20-21(24-3)25-12-26-22(20)29/h4-10,12-13H,11H2,1-3H3,(H,24,25,26). The fourth-order valence-electron chi connectivity index (χ4n) is 3.84. The van der Waals surface area contributed by atoms with Crippen LogP contribution in [0.1, 0.15) is 17.0 Å². The summed E-state index contributed by atoms with van der Waals surface area (Å²) >= 11 is 0. The van der Waals surface area contributed by atoms with Gasteiger partial charge in [0.1, 0.15) is 17.7 Å². The molecule has 0 fully saturated rings. The number of hydrogen-bond acceptors (Lipinski definition) is 6. The molecule has 0 aliphatic heterocycles. The van der Waals surface area contributed by atoms with Crippen molar-refractivity contribution in [1.29, 1.82) is 0 Å². The van der Waals surface area contributed by atoms with E-state index in [-0.39, 0.29) is 5.56 Å². The molecule has 0 spiro atoms. The number of nitrogens with one attached hydrogen (secondary N) is 1. The van der Waals surface area contributed by atoms with E-state index in [0.717, 1.165) is 16.8 Å². The normalized spacial score (nSPS) is 11.3. The van der Waals surface area contributed by atoms with Crippen molar-refractivity contribution in [2.24, 2.45) is 0 Å². The molecule has 154 valence electrons. The van der Waals surface area contributed by atoms with Gasteiger partial charge in [-0.05, 0) is 37.6 Å². The fraction of sp³-hybridized carbons (Fsp3) is 0.174. The second kappa shape index (κ2) is 7.32. The van der Waals surface area contributed by atoms with Gasteiger partial charge in [0.2, 0.25) is 0 Å². The van der Waals surface area contributed by atoms with Gasteiger partial charge in [0.15, 0.2) is 11.5 Å². The lowest BCUT2D eigenvalue weighted by molar-refractivity contribution is 0.718. The van der Waals surface area contributed by atoms with Crippen LogP contribution < -0.4 is 10.9 Å². The number of aromatic nitrogens is 6. The van der Waals surface area contributed by atoms with Gasteiger partial charge < -0.3 is 9.88 Å². The molecule has 0 aliphatic carbocycles. The Morgan fingerprint density at radius 2 is 1.81 bits per heavy atom. The molecule has 31 heavy (non-hydrogen) atoms. The molecule has 3 heterocycles. The van der Waals surface area contributed by atoms with E-state index in [1.807, 2.05) is 60.9 Å². The van der Waals surface area contributed by atoms with E-state index >= 15 is 0 Å². The lowest BCUT2D eigenvalue weighted by Gasteiger charge is -2.15. The minimum absolute atomic E-state index is 0.0862. The van der Waals surface area contributed by atoms with Crippen molar-refractivity contribution < 1.29 is 0 Å². The van der Waals surface area contributed by atoms with Crippen molar-refractivity contribution in [3.05, 3.63) is 82.4 Å². The van der Waals surface area contributed by atoms with Crippen molar-refractivity contribution >= 4 is 27.9 Å². The first-order valence-electron chi connectivity index (χ1n) is 9.98. The minimum atomic E-state index is -0.0862. The van der Waals surface area contributed by atoms with E-state index in [1.54, 1.807) is 17.9 Å². The van der Waals surface area contributed by atoms with Gasteiger partial charge in [0, 0.05) is 7.05 Å². The number of anilines is 1. The molecule has 5 rings (SSSR count). The van der Waals surface area contributed by atoms with Crippen LogP contribution in [0.25, 0.3) is 27.8 Å². The Labute approximate surface area is 178 Å². The maximum absolute atomic E-state index is 13.6. The zero-order chi connectivity index (χ0) is 21.5. The van der Waals surface area contributed by atoms with Crippen LogP contribution in [-0.4, -0.2) is 36.1 Å². The molecule has 0 bridgehead atoms. The SMILES string of the molecule is CNc1ncnc2c1ncn2Cc1nc2cccc(C)c2c(=O)n1-c1ccc(C)cc1. The summed E-state index contributed by atoms with van der Waals surface area (Å²) in [6, 6.07) is 13.6. The van der Waals surface area contributed by atoms with Gasteiger partial charge >= 0.3 is 0 Å². The third-order valence-corrected chi connectivity index (χ3v) is 5.42. The van der Waals surface area contributed by atoms with Crippen molar-refractivity contribution in [2.75, 3.05) is 12.4 Å². The predicted octanol–water partition coefficient (Wildman–Crippen LogP) is 3.23. The lowest BCUT2D eigenvalue weighted by Crippen LogP contribution is -2.25. The van der Waals surface area contributed by atoms with Crippen molar-refractivity contribution in [3.8, 4) is 5.69 Å². The molecule has 8 nitrogen and oxygen atoms in total. The van der Waals surface area contributed by atoms with Crippen molar-refractivity contribution in [1.82, 2.24) is 29.1 Å². The number of benzene rings is 2. The quantitative estimate of drug-likeness (QED) is 0.488. The van der Waals surface area contributed by atoms with Crippen LogP contribution in [0.3, 0.4) is 0 Å². The molecular formula is C23H21N7O. The second-order valence-corrected chi connectivity index (χ2v) is 7.49. The van der Waals surface area contributed by atoms with Gasteiger partial charge in [-0.1, -0.05) is 29.8 Å². The van der Waals surface area contributed by atoms with E-state index in [2.05, 4.69) is 20.3 Å². The molecule has 0 saturated heterocycles. The van der Waals surface area contributed by atoms with Crippen molar-refractivity contribution in [2.45, 2.75) is 20.4 Å². The molecule has 0 unspecified atom stereocenters. The van der Waals surface area contributed by atoms with Crippen LogP contribution in [0.4, 0.5) is 5.82 Å². The number of nitrogens with zero attached hydrogens (tertiary/aromatic N) is 6. The summed E-state index contributed by atoms with van der Waals surface area (Å²) in [5.41, 5.74) is 4.75. The summed E-state index contributed by atoms with van der Waals surface area (Å²) in [4.78, 5) is 31.6. The van der Waals surface area contributed by atoms with Gasteiger partial charge in [-0.25, -0.2) is 19.9 Å². The molecule has 8 heteroatoms. The third-order valence-electron chi connectivity index (χ3n) is 5.42. The summed E-state index contributed by atoms with van der Waals surface area (Å²) in [5.74, 6) is 1.26. The fourth-order valence-corrected chi connectivity index (χ4v) is 3.84. The second-order valence-electron chi connectivity index (χ2n) is 7.49. The molecule has 0 atom stereocenters. The Hall–Kier alpha value is -4.07. The van der Waals surface area contributed by atoms with Gasteiger partial charge in [-0.2, -0.15) is 0 Å². The molecular weight excluding hydrogens is 390 g/mol. The predicted molar refractivity (Wildman–Crippen MR) is 121 cm³/mol. The molecule has 0 saturated carbocycles. The zero-order valence-electron chi connectivity index (χ0n) is 17.5. The lowest BCUT2D eigenvalue weighted by atomic mass is 10.1. The zero-order valence-corrected chi connectivity index (χ0v) is 17.5. The van der Waals surface area contributed by atoms with Crippen LogP contribution in [-0.2, 0) is 6.54 Å². The number of aryl methyl sites for hydroxylation is 2. The maximum Gasteiger partial charge on any atom is 0.266 e. The largest absolute Gasteiger partial charge is 0.371 e. The molecule has 0 aliphatic rings. The number of hydrogen-bond donors (Lipinski definition) is 1. The van der Waals surface area contributed by atoms with Gasteiger partial charge in [0.05, 0.1) is 29.5 Å². The highest BCUT2D eigenvalue weighted by Gasteiger charge is 2.17. The van der Waals surface area contributed by atoms with Gasteiger partial charge in [-0.3, -0.25) is 9.36 Å². The molecule has 0 amide bonds. The van der Waals surface area contributed by atoms with E-state index in [1.165, 1.54) is 6.33 Å². The number of imidazole rings is 1. The highest BCUT2D eigenvalue weighted by molar-refractivity contribution is 5.83. The Balaban J connectivity index is 1.76. The summed E-state index contributed by atoms with van der Waals surface area (Å²) in [7, 11) is 1.79. The molecule has 5 aromatic rings. The topological polar surface area (TPSA) is 90.5 Å². The van der Waals surface area contributed by atoms with E-state index in [9.17, 15) is 4.79 Å². The van der Waals surface area contributed by atoms with Gasteiger partial charge in [-0.15, -0.1) is 0 Å². The maximum atomic E-state index is 13.6. The van der Waals surface area contributed by atoms with Crippen LogP contribution in [0.15, 0.2) is 59.9 Å². The van der Waals surface area contributed by atoms with Crippen LogP contribution in [0.5, 0.6) is 0 Å². The molecule has 1 N–H and O–H groups in total. The Morgan fingerprint density at radius 3 is 2.58 bits per heavy atom. The van der Waals surface area contributed by atoms with Crippen LogP contribution >= 0.6 is 0 Å². The Morgan fingerprint density at radius 1 is 1.00 bits per heavy atom. The highest BCUT2D eigenvalue weighted by Crippen LogP contribution is 2.20. The van der Waals surface area contributed by atoms with Gasteiger partial charge in [0.25, 0.3) is 5.56 Å². The monoisotopic (exact) mass is 411 g/mol. The molecule has 2 aromatic carbocycles. The van der Waals surface area contributed by atoms with Crippen LogP contribution in [0.2, 0.25) is 0 Å². The van der Waals surface area contributed by atoms with Crippen LogP contribution in [0, 0.1) is 13.8 Å². The first kappa shape index (κ1) is 18.9. The smallest absolute Gasteiger partial charge is 0.266 e. The van der Waals surface area contributed by atoms with E-state index in [0.29, 0.717) is 40.3 Å². The summed E-state index contributed by atoms with van der Waals surface area (Å²) < 4.78 is 3.56. The van der Waals surface area contributed by atoms with Crippen molar-refractivity contribution in [3.63, 3.8) is 0 Å². The van der Waals surface area contributed by atoms with E-state index < -0.39 is 0 Å². The average molecular weight is 411 g/mol. The first-order valence-corrected chi connectivity index (χ1v) is 9.98. The Bertz CT molecular complexity index is 1480. The third kappa shape index (κ3) is 3.13. The molecule has 0 radical (unpaired) electrons. The first-order chi connectivity index (χ1) is 15.1. The van der Waals surface area contributed by atoms with E-state index in [4.69, 9.17) is 4.98 Å². The summed E-state index contributed by atoms with van der Waals surface area (Å²) in [6.45, 7) is 4.29. The minimum Gasteiger partial charge on any atom is -0.371 e. The summed E-state index contributed by atoms with van der Waals surface area (Å²) in [5, 5.41) is 3.66. The number of rotatable bonds is 4. The highest BCUT2D eigenvalue weighted by atomic mass is 16.1. The number of fused-ring (bicyclic) bond motifs is 2.